The van der Waals surface area contributed by atoms with E-state index in [-0.39, 0.29) is 0 Å². The molecule has 0 aliphatic rings. The average Bonchev–Trinajstić information content (AvgIpc) is 3.62. The van der Waals surface area contributed by atoms with Gasteiger partial charge in [0, 0.05) is 32.8 Å². The van der Waals surface area contributed by atoms with Crippen LogP contribution in [0.3, 0.4) is 0 Å². The van der Waals surface area contributed by atoms with Gasteiger partial charge >= 0.3 is 0 Å². The van der Waals surface area contributed by atoms with E-state index in [9.17, 15) is 0 Å². The highest BCUT2D eigenvalue weighted by Crippen LogP contribution is 2.42. The Kier molecular flexibility index (Phi) is 5.50. The smallest absolute Gasteiger partial charge is 0.138 e. The molecule has 0 saturated heterocycles. The summed E-state index contributed by atoms with van der Waals surface area (Å²) in [5.41, 5.74) is 10.4. The number of aromatic nitrogens is 3. The lowest BCUT2D eigenvalue weighted by molar-refractivity contribution is 1.08. The number of rotatable bonds is 4. The number of benzene rings is 6. The maximum Gasteiger partial charge on any atom is 0.138 e. The van der Waals surface area contributed by atoms with Crippen molar-refractivity contribution in [2.45, 2.75) is 0 Å². The Bertz CT molecular complexity index is 2470. The summed E-state index contributed by atoms with van der Waals surface area (Å²) in [4.78, 5) is 5.17. The molecule has 0 amide bonds. The van der Waals surface area contributed by atoms with Gasteiger partial charge in [-0.15, -0.1) is 0 Å². The first-order valence-corrected chi connectivity index (χ1v) is 15.0. The number of fused-ring (bicyclic) bond motifs is 7. The summed E-state index contributed by atoms with van der Waals surface area (Å²) in [6.07, 6.45) is 0. The molecule has 0 bridgehead atoms. The van der Waals surface area contributed by atoms with E-state index in [0.29, 0.717) is 0 Å². The molecule has 9 aromatic rings. The van der Waals surface area contributed by atoms with E-state index in [1.807, 2.05) is 6.07 Å². The lowest BCUT2D eigenvalue weighted by atomic mass is 10.1. The van der Waals surface area contributed by atoms with E-state index in [1.165, 1.54) is 43.7 Å². The largest absolute Gasteiger partial charge is 0.309 e. The first-order valence-electron chi connectivity index (χ1n) is 15.0. The standard InChI is InChI=1S/C41H27N3/c1-3-12-28(13-4-1)29-22-24-31(25-23-29)43-35-19-9-7-16-32(35)40-37(43)26-27-38-41(40)33-17-8-10-20-36(33)44(38)39-21-11-18-34(42-39)30-14-5-2-6-15-30/h1-27H. The lowest BCUT2D eigenvalue weighted by Crippen LogP contribution is -1.98. The second kappa shape index (κ2) is 9.82. The van der Waals surface area contributed by atoms with Gasteiger partial charge in [0.15, 0.2) is 0 Å². The maximum atomic E-state index is 5.17. The van der Waals surface area contributed by atoms with Crippen molar-refractivity contribution in [3.8, 4) is 33.9 Å². The van der Waals surface area contributed by atoms with Crippen molar-refractivity contribution < 1.29 is 0 Å². The van der Waals surface area contributed by atoms with Crippen LogP contribution in [0.15, 0.2) is 164 Å². The Balaban J connectivity index is 1.32. The Hall–Kier alpha value is -5.93. The van der Waals surface area contributed by atoms with Crippen LogP contribution >= 0.6 is 0 Å². The van der Waals surface area contributed by atoms with Crippen molar-refractivity contribution in [3.05, 3.63) is 164 Å². The molecule has 3 aromatic heterocycles. The van der Waals surface area contributed by atoms with E-state index in [4.69, 9.17) is 4.98 Å². The van der Waals surface area contributed by atoms with Crippen LogP contribution in [-0.4, -0.2) is 14.1 Å². The summed E-state index contributed by atoms with van der Waals surface area (Å²) in [7, 11) is 0. The topological polar surface area (TPSA) is 22.8 Å². The minimum absolute atomic E-state index is 0.914. The zero-order valence-electron chi connectivity index (χ0n) is 23.9. The molecule has 0 N–H and O–H groups in total. The second-order valence-corrected chi connectivity index (χ2v) is 11.2. The maximum absolute atomic E-state index is 5.17. The van der Waals surface area contributed by atoms with Gasteiger partial charge in [-0.1, -0.05) is 115 Å². The van der Waals surface area contributed by atoms with E-state index in [2.05, 4.69) is 167 Å². The predicted molar refractivity (Wildman–Crippen MR) is 184 cm³/mol. The summed E-state index contributed by atoms with van der Waals surface area (Å²) >= 11 is 0. The van der Waals surface area contributed by atoms with Crippen LogP contribution in [0.5, 0.6) is 0 Å². The Labute approximate surface area is 254 Å². The summed E-state index contributed by atoms with van der Waals surface area (Å²) < 4.78 is 4.72. The van der Waals surface area contributed by atoms with Crippen LogP contribution in [0.1, 0.15) is 0 Å². The van der Waals surface area contributed by atoms with Crippen molar-refractivity contribution in [1.29, 1.82) is 0 Å². The number of pyridine rings is 1. The number of hydrogen-bond donors (Lipinski definition) is 0. The van der Waals surface area contributed by atoms with Crippen molar-refractivity contribution in [3.63, 3.8) is 0 Å². The van der Waals surface area contributed by atoms with Crippen molar-refractivity contribution in [2.75, 3.05) is 0 Å². The monoisotopic (exact) mass is 561 g/mol. The van der Waals surface area contributed by atoms with Crippen LogP contribution in [0.2, 0.25) is 0 Å². The molecule has 6 aromatic carbocycles. The Morgan fingerprint density at radius 2 is 0.864 bits per heavy atom. The Morgan fingerprint density at radius 1 is 0.341 bits per heavy atom. The molecule has 0 fully saturated rings. The van der Waals surface area contributed by atoms with Gasteiger partial charge in [-0.05, 0) is 59.7 Å². The van der Waals surface area contributed by atoms with E-state index in [0.717, 1.165) is 33.8 Å². The molecule has 0 spiro atoms. The van der Waals surface area contributed by atoms with E-state index in [1.54, 1.807) is 0 Å². The van der Waals surface area contributed by atoms with Crippen molar-refractivity contribution in [1.82, 2.24) is 14.1 Å². The molecule has 3 heterocycles. The Morgan fingerprint density at radius 3 is 1.52 bits per heavy atom. The first-order chi connectivity index (χ1) is 21.8. The predicted octanol–water partition coefficient (Wildman–Crippen LogP) is 10.6. The van der Waals surface area contributed by atoms with Crippen LogP contribution in [-0.2, 0) is 0 Å². The minimum atomic E-state index is 0.914. The third-order valence-electron chi connectivity index (χ3n) is 8.74. The van der Waals surface area contributed by atoms with Crippen molar-refractivity contribution in [2.24, 2.45) is 0 Å². The third-order valence-corrected chi connectivity index (χ3v) is 8.74. The fourth-order valence-electron chi connectivity index (χ4n) is 6.79. The zero-order chi connectivity index (χ0) is 29.0. The molecule has 0 saturated carbocycles. The minimum Gasteiger partial charge on any atom is -0.309 e. The third kappa shape index (κ3) is 3.73. The summed E-state index contributed by atoms with van der Waals surface area (Å²) in [6.45, 7) is 0. The van der Waals surface area contributed by atoms with Gasteiger partial charge in [-0.2, -0.15) is 0 Å². The summed E-state index contributed by atoms with van der Waals surface area (Å²) in [5, 5.41) is 4.98. The van der Waals surface area contributed by atoms with Crippen LogP contribution in [0.4, 0.5) is 0 Å². The molecular formula is C41H27N3. The van der Waals surface area contributed by atoms with E-state index >= 15 is 0 Å². The average molecular weight is 562 g/mol. The van der Waals surface area contributed by atoms with Gasteiger partial charge in [0.2, 0.25) is 0 Å². The highest BCUT2D eigenvalue weighted by molar-refractivity contribution is 6.28. The summed E-state index contributed by atoms with van der Waals surface area (Å²) in [5.74, 6) is 0.914. The first kappa shape index (κ1) is 24.6. The molecule has 3 heteroatoms. The number of para-hydroxylation sites is 2. The molecule has 9 rings (SSSR count). The van der Waals surface area contributed by atoms with Crippen LogP contribution in [0.25, 0.3) is 77.5 Å². The normalized spacial score (nSPS) is 11.6. The van der Waals surface area contributed by atoms with Crippen LogP contribution < -0.4 is 0 Å². The molecule has 0 radical (unpaired) electrons. The molecule has 3 nitrogen and oxygen atoms in total. The van der Waals surface area contributed by atoms with Gasteiger partial charge < -0.3 is 4.57 Å². The summed E-state index contributed by atoms with van der Waals surface area (Å²) in [6, 6.07) is 58.2. The molecule has 0 unspecified atom stereocenters. The quantitative estimate of drug-likeness (QED) is 0.210. The molecular weight excluding hydrogens is 534 g/mol. The lowest BCUT2D eigenvalue weighted by Gasteiger charge is -2.10. The highest BCUT2D eigenvalue weighted by Gasteiger charge is 2.20. The number of hydrogen-bond acceptors (Lipinski definition) is 1. The molecule has 44 heavy (non-hydrogen) atoms. The number of nitrogens with zero attached hydrogens (tertiary/aromatic N) is 3. The van der Waals surface area contributed by atoms with Gasteiger partial charge in [0.05, 0.1) is 27.8 Å². The molecule has 0 atom stereocenters. The van der Waals surface area contributed by atoms with Gasteiger partial charge in [0.25, 0.3) is 0 Å². The van der Waals surface area contributed by atoms with Gasteiger partial charge in [-0.25, -0.2) is 4.98 Å². The van der Waals surface area contributed by atoms with Gasteiger partial charge in [0.1, 0.15) is 5.82 Å². The SMILES string of the molecule is c1ccc(-c2ccc(-n3c4ccccc4c4c5c6ccccc6n(-c6cccc(-c7ccccc7)n6)c5ccc43)cc2)cc1. The van der Waals surface area contributed by atoms with E-state index < -0.39 is 0 Å². The highest BCUT2D eigenvalue weighted by atomic mass is 15.1. The zero-order valence-corrected chi connectivity index (χ0v) is 23.9. The second-order valence-electron chi connectivity index (χ2n) is 11.2. The van der Waals surface area contributed by atoms with Crippen molar-refractivity contribution >= 4 is 43.6 Å². The fraction of sp³-hybridized carbons (Fsp3) is 0. The van der Waals surface area contributed by atoms with Crippen LogP contribution in [0, 0.1) is 0 Å². The molecule has 0 aliphatic heterocycles. The fourth-order valence-corrected chi connectivity index (χ4v) is 6.79. The molecule has 206 valence electrons. The molecule has 0 aliphatic carbocycles. The van der Waals surface area contributed by atoms with Gasteiger partial charge in [-0.3, -0.25) is 4.57 Å².